The van der Waals surface area contributed by atoms with Crippen LogP contribution in [-0.2, 0) is 5.41 Å². The van der Waals surface area contributed by atoms with Crippen molar-refractivity contribution in [2.24, 2.45) is 0 Å². The summed E-state index contributed by atoms with van der Waals surface area (Å²) in [6.07, 6.45) is 4.80. The smallest absolute Gasteiger partial charge is 0.212 e. The van der Waals surface area contributed by atoms with E-state index in [1.54, 1.807) is 13.3 Å². The molecule has 1 aliphatic carbocycles. The van der Waals surface area contributed by atoms with Crippen LogP contribution in [0.4, 0.5) is 0 Å². The first-order chi connectivity index (χ1) is 6.80. The van der Waals surface area contributed by atoms with E-state index in [0.717, 1.165) is 24.8 Å². The first kappa shape index (κ1) is 9.01. The lowest BCUT2D eigenvalue weighted by molar-refractivity contribution is 0.322. The van der Waals surface area contributed by atoms with E-state index in [1.807, 2.05) is 12.1 Å². The van der Waals surface area contributed by atoms with Crippen molar-refractivity contribution in [3.05, 3.63) is 23.9 Å². The van der Waals surface area contributed by atoms with E-state index < -0.39 is 0 Å². The van der Waals surface area contributed by atoms with E-state index in [9.17, 15) is 0 Å². The topological polar surface area (TPSA) is 45.9 Å². The normalized spacial score (nSPS) is 18.0. The number of aromatic nitrogens is 1. The summed E-state index contributed by atoms with van der Waals surface area (Å²) >= 11 is 0. The minimum absolute atomic E-state index is 0.265. The molecule has 0 N–H and O–H groups in total. The summed E-state index contributed by atoms with van der Waals surface area (Å²) in [6.45, 7) is 0. The van der Waals surface area contributed by atoms with Crippen molar-refractivity contribution in [3.8, 4) is 11.9 Å². The van der Waals surface area contributed by atoms with Gasteiger partial charge in [0.25, 0.3) is 0 Å². The molecule has 0 amide bonds. The molecule has 0 bridgehead atoms. The molecule has 1 aromatic heterocycles. The number of hydrogen-bond donors (Lipinski definition) is 0. The second-order valence-corrected chi connectivity index (χ2v) is 3.64. The largest absolute Gasteiger partial charge is 0.481 e. The quantitative estimate of drug-likeness (QED) is 0.713. The highest BCUT2D eigenvalue weighted by Crippen LogP contribution is 2.42. The molecular weight excluding hydrogens is 176 g/mol. The number of nitriles is 1. The van der Waals surface area contributed by atoms with E-state index in [-0.39, 0.29) is 5.41 Å². The third-order valence-electron chi connectivity index (χ3n) is 2.92. The lowest BCUT2D eigenvalue weighted by Crippen LogP contribution is -2.32. The van der Waals surface area contributed by atoms with E-state index in [2.05, 4.69) is 11.1 Å². The molecule has 2 rings (SSSR count). The minimum atomic E-state index is -0.265. The van der Waals surface area contributed by atoms with Gasteiger partial charge in [-0.05, 0) is 24.8 Å². The van der Waals surface area contributed by atoms with Crippen LogP contribution in [0.1, 0.15) is 24.8 Å². The minimum Gasteiger partial charge on any atom is -0.481 e. The van der Waals surface area contributed by atoms with Crippen LogP contribution in [-0.4, -0.2) is 12.1 Å². The molecule has 0 spiro atoms. The summed E-state index contributed by atoms with van der Waals surface area (Å²) in [7, 11) is 1.59. The summed E-state index contributed by atoms with van der Waals surface area (Å²) in [5.74, 6) is 0.598. The fourth-order valence-corrected chi connectivity index (χ4v) is 1.78. The van der Waals surface area contributed by atoms with E-state index in [4.69, 9.17) is 10.00 Å². The van der Waals surface area contributed by atoms with Gasteiger partial charge in [-0.15, -0.1) is 0 Å². The molecule has 0 unspecified atom stereocenters. The molecule has 1 heterocycles. The van der Waals surface area contributed by atoms with Gasteiger partial charge in [0.2, 0.25) is 5.88 Å². The molecule has 1 fully saturated rings. The Hall–Kier alpha value is -1.56. The lowest BCUT2D eigenvalue weighted by atomic mass is 9.66. The van der Waals surface area contributed by atoms with Crippen LogP contribution in [0.15, 0.2) is 18.3 Å². The molecule has 3 heteroatoms. The molecule has 1 aliphatic rings. The van der Waals surface area contributed by atoms with Crippen LogP contribution >= 0.6 is 0 Å². The van der Waals surface area contributed by atoms with Crippen LogP contribution in [0.2, 0.25) is 0 Å². The Morgan fingerprint density at radius 3 is 2.64 bits per heavy atom. The van der Waals surface area contributed by atoms with Crippen LogP contribution in [0.25, 0.3) is 0 Å². The van der Waals surface area contributed by atoms with Gasteiger partial charge in [-0.2, -0.15) is 5.26 Å². The number of pyridine rings is 1. The van der Waals surface area contributed by atoms with Crippen LogP contribution in [0.3, 0.4) is 0 Å². The first-order valence-corrected chi connectivity index (χ1v) is 4.72. The summed E-state index contributed by atoms with van der Waals surface area (Å²) in [6, 6.07) is 6.14. The number of nitrogens with zero attached hydrogens (tertiary/aromatic N) is 2. The predicted octanol–water partition coefficient (Wildman–Crippen LogP) is 2.04. The Balaban J connectivity index is 2.29. The SMILES string of the molecule is COc1ccc(C2(C#N)CCC2)cn1. The van der Waals surface area contributed by atoms with Crippen molar-refractivity contribution in [1.29, 1.82) is 5.26 Å². The Morgan fingerprint density at radius 2 is 2.29 bits per heavy atom. The van der Waals surface area contributed by atoms with Gasteiger partial charge >= 0.3 is 0 Å². The van der Waals surface area contributed by atoms with Gasteiger partial charge in [-0.25, -0.2) is 4.98 Å². The highest BCUT2D eigenvalue weighted by atomic mass is 16.5. The number of rotatable bonds is 2. The summed E-state index contributed by atoms with van der Waals surface area (Å²) in [5, 5.41) is 9.11. The fourth-order valence-electron chi connectivity index (χ4n) is 1.78. The molecular formula is C11H12N2O. The molecule has 0 saturated heterocycles. The summed E-state index contributed by atoms with van der Waals surface area (Å²) in [4.78, 5) is 4.12. The van der Waals surface area contributed by atoms with Gasteiger partial charge < -0.3 is 4.74 Å². The maximum absolute atomic E-state index is 9.11. The molecule has 1 aromatic rings. The second-order valence-electron chi connectivity index (χ2n) is 3.64. The Morgan fingerprint density at radius 1 is 1.50 bits per heavy atom. The first-order valence-electron chi connectivity index (χ1n) is 4.72. The van der Waals surface area contributed by atoms with Crippen molar-refractivity contribution in [2.45, 2.75) is 24.7 Å². The zero-order chi connectivity index (χ0) is 10.0. The molecule has 0 aromatic carbocycles. The van der Waals surface area contributed by atoms with E-state index in [0.29, 0.717) is 5.88 Å². The Bertz CT molecular complexity index is 360. The van der Waals surface area contributed by atoms with Gasteiger partial charge in [0.1, 0.15) is 0 Å². The van der Waals surface area contributed by atoms with Crippen LogP contribution in [0, 0.1) is 11.3 Å². The van der Waals surface area contributed by atoms with Gasteiger partial charge in [0.15, 0.2) is 0 Å². The number of ether oxygens (including phenoxy) is 1. The van der Waals surface area contributed by atoms with Crippen molar-refractivity contribution < 1.29 is 4.74 Å². The average molecular weight is 188 g/mol. The summed E-state index contributed by atoms with van der Waals surface area (Å²) < 4.78 is 4.97. The van der Waals surface area contributed by atoms with E-state index >= 15 is 0 Å². The molecule has 14 heavy (non-hydrogen) atoms. The maximum atomic E-state index is 9.11. The monoisotopic (exact) mass is 188 g/mol. The average Bonchev–Trinajstić information content (AvgIpc) is 2.18. The zero-order valence-corrected chi connectivity index (χ0v) is 8.16. The predicted molar refractivity (Wildman–Crippen MR) is 51.9 cm³/mol. The molecule has 0 radical (unpaired) electrons. The van der Waals surface area contributed by atoms with Gasteiger partial charge in [0, 0.05) is 12.3 Å². The molecule has 3 nitrogen and oxygen atoms in total. The molecule has 0 atom stereocenters. The highest BCUT2D eigenvalue weighted by molar-refractivity contribution is 5.34. The highest BCUT2D eigenvalue weighted by Gasteiger charge is 2.39. The third kappa shape index (κ3) is 1.24. The van der Waals surface area contributed by atoms with Gasteiger partial charge in [-0.3, -0.25) is 0 Å². The van der Waals surface area contributed by atoms with Crippen molar-refractivity contribution in [1.82, 2.24) is 4.98 Å². The number of methoxy groups -OCH3 is 1. The molecule has 72 valence electrons. The Kier molecular flexibility index (Phi) is 2.12. The zero-order valence-electron chi connectivity index (χ0n) is 8.16. The van der Waals surface area contributed by atoms with Crippen LogP contribution < -0.4 is 4.74 Å². The number of hydrogen-bond acceptors (Lipinski definition) is 3. The van der Waals surface area contributed by atoms with E-state index in [1.165, 1.54) is 0 Å². The maximum Gasteiger partial charge on any atom is 0.212 e. The van der Waals surface area contributed by atoms with Crippen molar-refractivity contribution in [2.75, 3.05) is 7.11 Å². The molecule has 0 aliphatic heterocycles. The van der Waals surface area contributed by atoms with Crippen molar-refractivity contribution >= 4 is 0 Å². The lowest BCUT2D eigenvalue weighted by Gasteiger charge is -2.35. The summed E-state index contributed by atoms with van der Waals surface area (Å²) in [5.41, 5.74) is 0.756. The standard InChI is InChI=1S/C11H12N2O/c1-14-10-4-3-9(7-13-10)11(8-12)5-2-6-11/h3-4,7H,2,5-6H2,1H3. The second kappa shape index (κ2) is 3.30. The Labute approximate surface area is 83.3 Å². The van der Waals surface area contributed by atoms with Gasteiger partial charge in [0.05, 0.1) is 18.6 Å². The van der Waals surface area contributed by atoms with Crippen molar-refractivity contribution in [3.63, 3.8) is 0 Å². The van der Waals surface area contributed by atoms with Crippen LogP contribution in [0.5, 0.6) is 5.88 Å². The van der Waals surface area contributed by atoms with Gasteiger partial charge in [-0.1, -0.05) is 6.07 Å². The third-order valence-corrected chi connectivity index (χ3v) is 2.92. The molecule has 1 saturated carbocycles. The fraction of sp³-hybridized carbons (Fsp3) is 0.455.